The molecule has 1 saturated carbocycles. The number of furan rings is 1. The topological polar surface area (TPSA) is 49.6 Å². The predicted molar refractivity (Wildman–Crippen MR) is 93.8 cm³/mol. The molecule has 114 valence electrons. The largest absolute Gasteiger partial charge is 0.469 e. The summed E-state index contributed by atoms with van der Waals surface area (Å²) in [6.45, 7) is 4.76. The molecule has 1 aliphatic carbocycles. The van der Waals surface area contributed by atoms with Gasteiger partial charge in [0.15, 0.2) is 5.96 Å². The number of rotatable bonds is 8. The second-order valence-electron chi connectivity index (χ2n) is 5.10. The second kappa shape index (κ2) is 10.1. The van der Waals surface area contributed by atoms with Crippen molar-refractivity contribution in [2.24, 2.45) is 10.9 Å². The third kappa shape index (κ3) is 7.17. The number of hydrogen-bond donors (Lipinski definition) is 2. The summed E-state index contributed by atoms with van der Waals surface area (Å²) in [6.07, 6.45) is 8.02. The van der Waals surface area contributed by atoms with Crippen LogP contribution in [0.25, 0.3) is 0 Å². The zero-order valence-electron chi connectivity index (χ0n) is 12.2. The van der Waals surface area contributed by atoms with E-state index in [0.29, 0.717) is 0 Å². The van der Waals surface area contributed by atoms with Gasteiger partial charge in [-0.25, -0.2) is 0 Å². The summed E-state index contributed by atoms with van der Waals surface area (Å²) < 4.78 is 5.31. The van der Waals surface area contributed by atoms with Crippen LogP contribution in [0.3, 0.4) is 0 Å². The summed E-state index contributed by atoms with van der Waals surface area (Å²) in [7, 11) is 0. The van der Waals surface area contributed by atoms with Crippen molar-refractivity contribution < 1.29 is 4.42 Å². The number of hydrogen-bond acceptors (Lipinski definition) is 2. The first-order valence-corrected chi connectivity index (χ1v) is 7.43. The number of nitrogens with zero attached hydrogens (tertiary/aromatic N) is 1. The van der Waals surface area contributed by atoms with Gasteiger partial charge in [-0.3, -0.25) is 4.99 Å². The molecule has 0 atom stereocenters. The van der Waals surface area contributed by atoms with E-state index in [4.69, 9.17) is 4.42 Å². The van der Waals surface area contributed by atoms with Crippen LogP contribution in [0.15, 0.2) is 27.8 Å². The minimum Gasteiger partial charge on any atom is -0.469 e. The zero-order chi connectivity index (χ0) is 13.3. The lowest BCUT2D eigenvalue weighted by molar-refractivity contribution is 0.506. The minimum absolute atomic E-state index is 0. The van der Waals surface area contributed by atoms with Gasteiger partial charge in [-0.15, -0.1) is 24.0 Å². The summed E-state index contributed by atoms with van der Waals surface area (Å²) in [5.41, 5.74) is 0. The molecule has 0 amide bonds. The average molecular weight is 391 g/mol. The third-order valence-electron chi connectivity index (χ3n) is 3.33. The Balaban J connectivity index is 0.00000200. The van der Waals surface area contributed by atoms with Crippen molar-refractivity contribution >= 4 is 29.9 Å². The molecule has 1 fully saturated rings. The van der Waals surface area contributed by atoms with E-state index in [1.807, 2.05) is 12.1 Å². The van der Waals surface area contributed by atoms with E-state index in [2.05, 4.69) is 22.5 Å². The maximum atomic E-state index is 5.31. The molecule has 0 aliphatic heterocycles. The van der Waals surface area contributed by atoms with Crippen molar-refractivity contribution in [3.63, 3.8) is 0 Å². The van der Waals surface area contributed by atoms with E-state index < -0.39 is 0 Å². The molecule has 20 heavy (non-hydrogen) atoms. The minimum atomic E-state index is 0. The fourth-order valence-corrected chi connectivity index (χ4v) is 2.08. The van der Waals surface area contributed by atoms with Crippen molar-refractivity contribution in [2.75, 3.05) is 19.6 Å². The second-order valence-corrected chi connectivity index (χ2v) is 5.10. The van der Waals surface area contributed by atoms with Crippen LogP contribution in [0.5, 0.6) is 0 Å². The summed E-state index contributed by atoms with van der Waals surface area (Å²) in [6, 6.07) is 3.92. The molecule has 1 aliphatic rings. The Morgan fingerprint density at radius 2 is 2.25 bits per heavy atom. The number of nitrogens with one attached hydrogen (secondary N) is 2. The predicted octanol–water partition coefficient (Wildman–Crippen LogP) is 3.19. The molecular weight excluding hydrogens is 365 g/mol. The van der Waals surface area contributed by atoms with Crippen molar-refractivity contribution in [2.45, 2.75) is 39.0 Å². The molecular formula is C15H26IN3O. The fraction of sp³-hybridized carbons (Fsp3) is 0.667. The van der Waals surface area contributed by atoms with Gasteiger partial charge in [-0.2, -0.15) is 0 Å². The van der Waals surface area contributed by atoms with Gasteiger partial charge in [-0.05, 0) is 37.8 Å². The highest BCUT2D eigenvalue weighted by atomic mass is 127. The highest BCUT2D eigenvalue weighted by Gasteiger charge is 2.19. The smallest absolute Gasteiger partial charge is 0.191 e. The lowest BCUT2D eigenvalue weighted by Gasteiger charge is -2.10. The number of aliphatic imine (C=N–C) groups is 1. The molecule has 2 N–H and O–H groups in total. The monoisotopic (exact) mass is 391 g/mol. The summed E-state index contributed by atoms with van der Waals surface area (Å²) in [5.74, 6) is 2.94. The summed E-state index contributed by atoms with van der Waals surface area (Å²) >= 11 is 0. The molecule has 1 heterocycles. The van der Waals surface area contributed by atoms with Crippen LogP contribution >= 0.6 is 24.0 Å². The Labute approximate surface area is 138 Å². The fourth-order valence-electron chi connectivity index (χ4n) is 2.08. The first kappa shape index (κ1) is 17.3. The molecule has 2 rings (SSSR count). The van der Waals surface area contributed by atoms with Gasteiger partial charge in [0.05, 0.1) is 6.26 Å². The van der Waals surface area contributed by atoms with Gasteiger partial charge in [-0.1, -0.05) is 12.8 Å². The van der Waals surface area contributed by atoms with E-state index in [1.54, 1.807) is 6.26 Å². The van der Waals surface area contributed by atoms with Crippen LogP contribution in [0, 0.1) is 5.92 Å². The first-order valence-electron chi connectivity index (χ1n) is 7.43. The van der Waals surface area contributed by atoms with Gasteiger partial charge >= 0.3 is 0 Å². The van der Waals surface area contributed by atoms with E-state index >= 15 is 0 Å². The molecule has 1 aromatic rings. The molecule has 0 saturated heterocycles. The first-order chi connectivity index (χ1) is 9.38. The normalized spacial score (nSPS) is 14.8. The SMILES string of the molecule is CCNC(=NCCCC1CC1)NCCc1ccco1.I. The van der Waals surface area contributed by atoms with Gasteiger partial charge < -0.3 is 15.1 Å². The van der Waals surface area contributed by atoms with Crippen molar-refractivity contribution in [3.8, 4) is 0 Å². The quantitative estimate of drug-likeness (QED) is 0.310. The standard InChI is InChI=1S/C15H25N3O.HI/c1-2-16-15(17-10-3-5-13-7-8-13)18-11-9-14-6-4-12-19-14;/h4,6,12-13H,2-3,5,7-11H2,1H3,(H2,16,17,18);1H. The Morgan fingerprint density at radius 1 is 1.40 bits per heavy atom. The van der Waals surface area contributed by atoms with Crippen LogP contribution in [-0.2, 0) is 6.42 Å². The Bertz CT molecular complexity index is 374. The Morgan fingerprint density at radius 3 is 2.90 bits per heavy atom. The summed E-state index contributed by atoms with van der Waals surface area (Å²) in [5, 5.41) is 6.62. The lowest BCUT2D eigenvalue weighted by atomic mass is 10.2. The zero-order valence-corrected chi connectivity index (χ0v) is 14.6. The molecule has 0 spiro atoms. The van der Waals surface area contributed by atoms with Crippen molar-refractivity contribution in [1.29, 1.82) is 0 Å². The maximum absolute atomic E-state index is 5.31. The number of guanidine groups is 1. The maximum Gasteiger partial charge on any atom is 0.191 e. The van der Waals surface area contributed by atoms with Crippen molar-refractivity contribution in [1.82, 2.24) is 10.6 Å². The molecule has 1 aromatic heterocycles. The molecule has 0 aromatic carbocycles. The highest BCUT2D eigenvalue weighted by molar-refractivity contribution is 14.0. The van der Waals surface area contributed by atoms with E-state index in [0.717, 1.165) is 43.7 Å². The van der Waals surface area contributed by atoms with E-state index in [1.165, 1.54) is 25.7 Å². The van der Waals surface area contributed by atoms with Crippen LogP contribution in [0.1, 0.15) is 38.4 Å². The lowest BCUT2D eigenvalue weighted by Crippen LogP contribution is -2.38. The van der Waals surface area contributed by atoms with Crippen molar-refractivity contribution in [3.05, 3.63) is 24.2 Å². The van der Waals surface area contributed by atoms with Crippen LogP contribution in [-0.4, -0.2) is 25.6 Å². The average Bonchev–Trinajstić information content (AvgIpc) is 3.09. The summed E-state index contributed by atoms with van der Waals surface area (Å²) in [4.78, 5) is 4.60. The Kier molecular flexibility index (Phi) is 8.73. The van der Waals surface area contributed by atoms with Crippen LogP contribution in [0.4, 0.5) is 0 Å². The Hall–Kier alpha value is -0.720. The number of halogens is 1. The van der Waals surface area contributed by atoms with Gasteiger partial charge in [0, 0.05) is 26.1 Å². The van der Waals surface area contributed by atoms with Gasteiger partial charge in [0.2, 0.25) is 0 Å². The molecule has 0 radical (unpaired) electrons. The highest BCUT2D eigenvalue weighted by Crippen LogP contribution is 2.33. The van der Waals surface area contributed by atoms with Gasteiger partial charge in [0.25, 0.3) is 0 Å². The third-order valence-corrected chi connectivity index (χ3v) is 3.33. The van der Waals surface area contributed by atoms with E-state index in [-0.39, 0.29) is 24.0 Å². The van der Waals surface area contributed by atoms with Gasteiger partial charge in [0.1, 0.15) is 5.76 Å². The molecule has 0 bridgehead atoms. The molecule has 0 unspecified atom stereocenters. The van der Waals surface area contributed by atoms with Crippen LogP contribution in [0.2, 0.25) is 0 Å². The van der Waals surface area contributed by atoms with E-state index in [9.17, 15) is 0 Å². The molecule has 4 nitrogen and oxygen atoms in total. The molecule has 5 heteroatoms. The van der Waals surface area contributed by atoms with Crippen LogP contribution < -0.4 is 10.6 Å².